The van der Waals surface area contributed by atoms with Gasteiger partial charge in [-0.3, -0.25) is 4.79 Å². The first-order valence-electron chi connectivity index (χ1n) is 6.85. The molecule has 7 heteroatoms. The molecule has 1 aromatic carbocycles. The number of benzene rings is 1. The Morgan fingerprint density at radius 3 is 2.50 bits per heavy atom. The minimum Gasteiger partial charge on any atom is -0.454 e. The lowest BCUT2D eigenvalue weighted by Crippen LogP contribution is -2.52. The molecule has 0 aliphatic carbocycles. The zero-order valence-corrected chi connectivity index (χ0v) is 12.0. The molecule has 0 spiro atoms. The summed E-state index contributed by atoms with van der Waals surface area (Å²) in [5.74, 6) is -1.41. The Kier molecular flexibility index (Phi) is 4.44. The van der Waals surface area contributed by atoms with E-state index in [1.54, 1.807) is 30.3 Å². The highest BCUT2D eigenvalue weighted by Gasteiger charge is 2.48. The summed E-state index contributed by atoms with van der Waals surface area (Å²) in [7, 11) is 0. The van der Waals surface area contributed by atoms with E-state index in [9.17, 15) is 22.8 Å². The van der Waals surface area contributed by atoms with E-state index in [4.69, 9.17) is 0 Å². The van der Waals surface area contributed by atoms with Crippen LogP contribution < -0.4 is 0 Å². The Balaban J connectivity index is 2.15. The first-order chi connectivity index (χ1) is 10.2. The topological polar surface area (TPSA) is 46.6 Å². The predicted octanol–water partition coefficient (Wildman–Crippen LogP) is 2.79. The summed E-state index contributed by atoms with van der Waals surface area (Å²) >= 11 is 0. The average Bonchev–Trinajstić information content (AvgIpc) is 2.87. The molecular weight excluding hydrogens is 299 g/mol. The predicted molar refractivity (Wildman–Crippen MR) is 72.1 cm³/mol. The smallest absolute Gasteiger partial charge is 0.422 e. The molecule has 1 unspecified atom stereocenters. The number of carbonyl (C=O) groups excluding carboxylic acids is 2. The molecule has 0 saturated carbocycles. The van der Waals surface area contributed by atoms with Crippen molar-refractivity contribution in [1.82, 2.24) is 4.90 Å². The van der Waals surface area contributed by atoms with Crippen LogP contribution in [0.3, 0.4) is 0 Å². The largest absolute Gasteiger partial charge is 0.454 e. The Morgan fingerprint density at radius 2 is 1.91 bits per heavy atom. The Bertz CT molecular complexity index is 559. The van der Waals surface area contributed by atoms with Crippen LogP contribution in [0.5, 0.6) is 0 Å². The lowest BCUT2D eigenvalue weighted by Gasteiger charge is -2.33. The van der Waals surface area contributed by atoms with Gasteiger partial charge in [0.25, 0.3) is 5.91 Å². The van der Waals surface area contributed by atoms with Crippen molar-refractivity contribution in [1.29, 1.82) is 0 Å². The summed E-state index contributed by atoms with van der Waals surface area (Å²) in [6.07, 6.45) is -3.77. The fourth-order valence-corrected chi connectivity index (χ4v) is 2.54. The zero-order valence-electron chi connectivity index (χ0n) is 12.0. The van der Waals surface area contributed by atoms with E-state index in [-0.39, 0.29) is 12.3 Å². The van der Waals surface area contributed by atoms with Crippen LogP contribution in [-0.4, -0.2) is 41.6 Å². The molecule has 2 rings (SSSR count). The van der Waals surface area contributed by atoms with Crippen molar-refractivity contribution >= 4 is 11.9 Å². The third-order valence-electron chi connectivity index (χ3n) is 3.71. The molecule has 1 atom stereocenters. The van der Waals surface area contributed by atoms with Gasteiger partial charge in [0.2, 0.25) is 0 Å². The Labute approximate surface area is 125 Å². The highest BCUT2D eigenvalue weighted by atomic mass is 19.4. The summed E-state index contributed by atoms with van der Waals surface area (Å²) in [5.41, 5.74) is -0.975. The SMILES string of the molecule is CC1(C(=O)OCC(F)(F)F)CCCN1C(=O)c1ccccc1. The normalized spacial score (nSPS) is 21.7. The maximum absolute atomic E-state index is 12.5. The van der Waals surface area contributed by atoms with E-state index in [0.717, 1.165) is 0 Å². The number of carbonyl (C=O) groups is 2. The summed E-state index contributed by atoms with van der Waals surface area (Å²) in [6.45, 7) is 0.111. The molecular formula is C15H16F3NO3. The van der Waals surface area contributed by atoms with Crippen molar-refractivity contribution in [2.45, 2.75) is 31.5 Å². The minimum atomic E-state index is -4.58. The van der Waals surface area contributed by atoms with Crippen molar-refractivity contribution in [3.63, 3.8) is 0 Å². The molecule has 0 N–H and O–H groups in total. The van der Waals surface area contributed by atoms with Gasteiger partial charge < -0.3 is 9.64 Å². The highest BCUT2D eigenvalue weighted by Crippen LogP contribution is 2.32. The van der Waals surface area contributed by atoms with Crippen LogP contribution in [-0.2, 0) is 9.53 Å². The quantitative estimate of drug-likeness (QED) is 0.806. The van der Waals surface area contributed by atoms with E-state index < -0.39 is 24.3 Å². The second-order valence-corrected chi connectivity index (χ2v) is 5.39. The van der Waals surface area contributed by atoms with Gasteiger partial charge in [-0.15, -0.1) is 0 Å². The Hall–Kier alpha value is -2.05. The fourth-order valence-electron chi connectivity index (χ4n) is 2.54. The van der Waals surface area contributed by atoms with Crippen LogP contribution in [0.25, 0.3) is 0 Å². The number of esters is 1. The molecule has 0 aromatic heterocycles. The van der Waals surface area contributed by atoms with Crippen LogP contribution in [0.1, 0.15) is 30.1 Å². The number of rotatable bonds is 3. The number of halogens is 3. The molecule has 120 valence electrons. The van der Waals surface area contributed by atoms with E-state index in [1.807, 2.05) is 0 Å². The molecule has 1 heterocycles. The van der Waals surface area contributed by atoms with Gasteiger partial charge in [0, 0.05) is 12.1 Å². The molecule has 1 aliphatic rings. The summed E-state index contributed by atoms with van der Waals surface area (Å²) < 4.78 is 40.9. The van der Waals surface area contributed by atoms with Gasteiger partial charge >= 0.3 is 12.1 Å². The maximum atomic E-state index is 12.5. The van der Waals surface area contributed by atoms with E-state index >= 15 is 0 Å². The second-order valence-electron chi connectivity index (χ2n) is 5.39. The lowest BCUT2D eigenvalue weighted by molar-refractivity contribution is -0.192. The van der Waals surface area contributed by atoms with Crippen LogP contribution in [0, 0.1) is 0 Å². The van der Waals surface area contributed by atoms with E-state index in [0.29, 0.717) is 18.5 Å². The second kappa shape index (κ2) is 5.98. The molecule has 1 aliphatic heterocycles. The lowest BCUT2D eigenvalue weighted by atomic mass is 9.98. The molecule has 1 fully saturated rings. The molecule has 0 bridgehead atoms. The minimum absolute atomic E-state index is 0.280. The van der Waals surface area contributed by atoms with Gasteiger partial charge in [-0.2, -0.15) is 13.2 Å². The highest BCUT2D eigenvalue weighted by molar-refractivity contribution is 5.98. The maximum Gasteiger partial charge on any atom is 0.422 e. The molecule has 22 heavy (non-hydrogen) atoms. The van der Waals surface area contributed by atoms with Crippen molar-refractivity contribution in [3.05, 3.63) is 35.9 Å². The van der Waals surface area contributed by atoms with Gasteiger partial charge in [-0.05, 0) is 31.9 Å². The molecule has 4 nitrogen and oxygen atoms in total. The summed E-state index contributed by atoms with van der Waals surface area (Å²) in [6, 6.07) is 8.31. The van der Waals surface area contributed by atoms with Gasteiger partial charge in [0.1, 0.15) is 5.54 Å². The third-order valence-corrected chi connectivity index (χ3v) is 3.71. The number of likely N-dealkylation sites (tertiary alicyclic amines) is 1. The van der Waals surface area contributed by atoms with Gasteiger partial charge in [0.15, 0.2) is 6.61 Å². The average molecular weight is 315 g/mol. The van der Waals surface area contributed by atoms with E-state index in [1.165, 1.54) is 11.8 Å². The number of ether oxygens (including phenoxy) is 1. The summed E-state index contributed by atoms with van der Waals surface area (Å²) in [4.78, 5) is 25.8. The molecule has 1 saturated heterocycles. The number of hydrogen-bond acceptors (Lipinski definition) is 3. The van der Waals surface area contributed by atoms with Crippen LogP contribution in [0.4, 0.5) is 13.2 Å². The van der Waals surface area contributed by atoms with Crippen LogP contribution in [0.15, 0.2) is 30.3 Å². The van der Waals surface area contributed by atoms with Gasteiger partial charge in [-0.1, -0.05) is 18.2 Å². The van der Waals surface area contributed by atoms with Crippen LogP contribution in [0.2, 0.25) is 0 Å². The number of nitrogens with zero attached hydrogens (tertiary/aromatic N) is 1. The van der Waals surface area contributed by atoms with E-state index in [2.05, 4.69) is 4.74 Å². The fraction of sp³-hybridized carbons (Fsp3) is 0.467. The first-order valence-corrected chi connectivity index (χ1v) is 6.85. The number of hydrogen-bond donors (Lipinski definition) is 0. The number of amides is 1. The van der Waals surface area contributed by atoms with Gasteiger partial charge in [0.05, 0.1) is 0 Å². The Morgan fingerprint density at radius 1 is 1.27 bits per heavy atom. The van der Waals surface area contributed by atoms with Crippen molar-refractivity contribution in [2.24, 2.45) is 0 Å². The zero-order chi connectivity index (χ0) is 16.4. The van der Waals surface area contributed by atoms with Crippen LogP contribution >= 0.6 is 0 Å². The van der Waals surface area contributed by atoms with Crippen molar-refractivity contribution in [3.8, 4) is 0 Å². The monoisotopic (exact) mass is 315 g/mol. The summed E-state index contributed by atoms with van der Waals surface area (Å²) in [5, 5.41) is 0. The molecule has 1 amide bonds. The standard InChI is InChI=1S/C15H16F3NO3/c1-14(13(21)22-10-15(16,17)18)8-5-9-19(14)12(20)11-6-3-2-4-7-11/h2-4,6-7H,5,8-10H2,1H3. The third kappa shape index (κ3) is 3.40. The van der Waals surface area contributed by atoms with Gasteiger partial charge in [-0.25, -0.2) is 4.79 Å². The molecule has 0 radical (unpaired) electrons. The van der Waals surface area contributed by atoms with Crippen molar-refractivity contribution < 1.29 is 27.5 Å². The number of alkyl halides is 3. The van der Waals surface area contributed by atoms with Crippen molar-refractivity contribution in [2.75, 3.05) is 13.2 Å². The molecule has 1 aromatic rings. The first kappa shape index (κ1) is 16.3.